The lowest BCUT2D eigenvalue weighted by molar-refractivity contribution is 0.106. The highest BCUT2D eigenvalue weighted by molar-refractivity contribution is 5.10. The van der Waals surface area contributed by atoms with Crippen LogP contribution in [0, 0.1) is 23.2 Å². The van der Waals surface area contributed by atoms with Gasteiger partial charge in [0.15, 0.2) is 0 Å². The summed E-state index contributed by atoms with van der Waals surface area (Å²) in [5, 5.41) is 12.8. The zero-order chi connectivity index (χ0) is 13.0. The van der Waals surface area contributed by atoms with Crippen molar-refractivity contribution in [3.63, 3.8) is 0 Å². The maximum atomic E-state index is 9.35. The third-order valence-corrected chi connectivity index (χ3v) is 4.03. The van der Waals surface area contributed by atoms with Gasteiger partial charge in [-0.05, 0) is 44.4 Å². The number of nitrogens with one attached hydrogen (secondary N) is 1. The number of hydrogen-bond acceptors (Lipinski definition) is 3. The molecule has 1 saturated heterocycles. The summed E-state index contributed by atoms with van der Waals surface area (Å²) in [5.41, 5.74) is 1.43. The molecule has 1 N–H and O–H groups in total. The maximum absolute atomic E-state index is 9.35. The van der Waals surface area contributed by atoms with E-state index >= 15 is 0 Å². The molecule has 3 nitrogen and oxygen atoms in total. The van der Waals surface area contributed by atoms with Gasteiger partial charge < -0.3 is 4.74 Å². The first-order chi connectivity index (χ1) is 8.69. The SMILES string of the molecule is CC1=CC(C)CC(C(C#N)NCC2CCCO2)C1. The van der Waals surface area contributed by atoms with Crippen molar-refractivity contribution in [1.29, 1.82) is 5.26 Å². The predicted octanol–water partition coefficient (Wildman–Crippen LogP) is 2.64. The molecule has 1 aliphatic heterocycles. The third-order valence-electron chi connectivity index (χ3n) is 4.03. The second-order valence-corrected chi connectivity index (χ2v) is 5.84. The average Bonchev–Trinajstić information content (AvgIpc) is 2.81. The summed E-state index contributed by atoms with van der Waals surface area (Å²) in [6.07, 6.45) is 7.12. The molecule has 100 valence electrons. The molecule has 1 fully saturated rings. The zero-order valence-electron chi connectivity index (χ0n) is 11.5. The number of rotatable bonds is 4. The lowest BCUT2D eigenvalue weighted by Crippen LogP contribution is -2.40. The first kappa shape index (κ1) is 13.6. The molecule has 0 aromatic heterocycles. The molecule has 2 aliphatic rings. The Morgan fingerprint density at radius 1 is 1.61 bits per heavy atom. The Hall–Kier alpha value is -0.850. The zero-order valence-corrected chi connectivity index (χ0v) is 11.5. The van der Waals surface area contributed by atoms with E-state index < -0.39 is 0 Å². The molecule has 0 radical (unpaired) electrons. The molecule has 0 aromatic rings. The Labute approximate surface area is 110 Å². The van der Waals surface area contributed by atoms with Crippen LogP contribution in [0.25, 0.3) is 0 Å². The van der Waals surface area contributed by atoms with Crippen molar-refractivity contribution >= 4 is 0 Å². The molecule has 18 heavy (non-hydrogen) atoms. The Morgan fingerprint density at radius 3 is 3.06 bits per heavy atom. The van der Waals surface area contributed by atoms with Crippen LogP contribution in [0.1, 0.15) is 39.5 Å². The fraction of sp³-hybridized carbons (Fsp3) is 0.800. The van der Waals surface area contributed by atoms with Crippen LogP contribution < -0.4 is 5.32 Å². The molecule has 4 unspecified atom stereocenters. The first-order valence-electron chi connectivity index (χ1n) is 7.11. The number of allylic oxidation sites excluding steroid dienone is 2. The minimum atomic E-state index is -0.0275. The van der Waals surface area contributed by atoms with Crippen molar-refractivity contribution in [1.82, 2.24) is 5.32 Å². The van der Waals surface area contributed by atoms with E-state index in [0.29, 0.717) is 17.9 Å². The highest BCUT2D eigenvalue weighted by Gasteiger charge is 2.27. The normalized spacial score (nSPS) is 33.8. The van der Waals surface area contributed by atoms with Gasteiger partial charge >= 0.3 is 0 Å². The van der Waals surface area contributed by atoms with Crippen LogP contribution >= 0.6 is 0 Å². The molecule has 2 rings (SSSR count). The van der Waals surface area contributed by atoms with Gasteiger partial charge in [0, 0.05) is 13.2 Å². The monoisotopic (exact) mass is 248 g/mol. The highest BCUT2D eigenvalue weighted by Crippen LogP contribution is 2.30. The predicted molar refractivity (Wildman–Crippen MR) is 72.0 cm³/mol. The fourth-order valence-corrected chi connectivity index (χ4v) is 3.23. The van der Waals surface area contributed by atoms with Crippen molar-refractivity contribution in [2.24, 2.45) is 11.8 Å². The number of nitrogens with zero attached hydrogens (tertiary/aromatic N) is 1. The van der Waals surface area contributed by atoms with Gasteiger partial charge in [0.2, 0.25) is 0 Å². The number of ether oxygens (including phenoxy) is 1. The second-order valence-electron chi connectivity index (χ2n) is 5.84. The summed E-state index contributed by atoms with van der Waals surface area (Å²) in [6.45, 7) is 6.12. The summed E-state index contributed by atoms with van der Waals surface area (Å²) in [5.74, 6) is 1.06. The molecule has 1 heterocycles. The summed E-state index contributed by atoms with van der Waals surface area (Å²) in [4.78, 5) is 0. The van der Waals surface area contributed by atoms with Gasteiger partial charge in [-0.2, -0.15) is 5.26 Å². The van der Waals surface area contributed by atoms with Gasteiger partial charge in [-0.3, -0.25) is 5.32 Å². The van der Waals surface area contributed by atoms with E-state index in [0.717, 1.165) is 38.8 Å². The van der Waals surface area contributed by atoms with E-state index in [2.05, 4.69) is 31.3 Å². The molecule has 0 bridgehead atoms. The molecule has 3 heteroatoms. The molecule has 0 saturated carbocycles. The van der Waals surface area contributed by atoms with Crippen LogP contribution in [0.4, 0.5) is 0 Å². The van der Waals surface area contributed by atoms with Crippen LogP contribution in [0.5, 0.6) is 0 Å². The maximum Gasteiger partial charge on any atom is 0.0985 e. The topological polar surface area (TPSA) is 45.0 Å². The van der Waals surface area contributed by atoms with Gasteiger partial charge in [-0.25, -0.2) is 0 Å². The number of hydrogen-bond donors (Lipinski definition) is 1. The molecule has 4 atom stereocenters. The Balaban J connectivity index is 1.84. The minimum absolute atomic E-state index is 0.0275. The first-order valence-corrected chi connectivity index (χ1v) is 7.11. The van der Waals surface area contributed by atoms with E-state index in [9.17, 15) is 5.26 Å². The van der Waals surface area contributed by atoms with Crippen LogP contribution in [-0.2, 0) is 4.74 Å². The van der Waals surface area contributed by atoms with Crippen LogP contribution in [0.15, 0.2) is 11.6 Å². The van der Waals surface area contributed by atoms with Gasteiger partial charge in [-0.15, -0.1) is 0 Å². The average molecular weight is 248 g/mol. The van der Waals surface area contributed by atoms with Crippen molar-refractivity contribution < 1.29 is 4.74 Å². The molecule has 0 aromatic carbocycles. The molecular weight excluding hydrogens is 224 g/mol. The van der Waals surface area contributed by atoms with Crippen molar-refractivity contribution in [3.8, 4) is 6.07 Å². The summed E-state index contributed by atoms with van der Waals surface area (Å²) < 4.78 is 5.59. The lowest BCUT2D eigenvalue weighted by Gasteiger charge is -2.29. The van der Waals surface area contributed by atoms with E-state index in [1.165, 1.54) is 5.57 Å². The second kappa shape index (κ2) is 6.36. The highest BCUT2D eigenvalue weighted by atomic mass is 16.5. The summed E-state index contributed by atoms with van der Waals surface area (Å²) >= 11 is 0. The minimum Gasteiger partial charge on any atom is -0.377 e. The Morgan fingerprint density at radius 2 is 2.44 bits per heavy atom. The van der Waals surface area contributed by atoms with Crippen LogP contribution in [-0.4, -0.2) is 25.3 Å². The van der Waals surface area contributed by atoms with E-state index in [1.54, 1.807) is 0 Å². The van der Waals surface area contributed by atoms with Crippen LogP contribution in [0.3, 0.4) is 0 Å². The third kappa shape index (κ3) is 3.57. The summed E-state index contributed by atoms with van der Waals surface area (Å²) in [6, 6.07) is 2.42. The van der Waals surface area contributed by atoms with Gasteiger partial charge in [0.05, 0.1) is 18.2 Å². The summed E-state index contributed by atoms with van der Waals surface area (Å²) in [7, 11) is 0. The molecular formula is C15H24N2O. The molecule has 1 aliphatic carbocycles. The van der Waals surface area contributed by atoms with Crippen LogP contribution in [0.2, 0.25) is 0 Å². The largest absolute Gasteiger partial charge is 0.377 e. The van der Waals surface area contributed by atoms with E-state index in [4.69, 9.17) is 4.74 Å². The van der Waals surface area contributed by atoms with E-state index in [-0.39, 0.29) is 6.04 Å². The quantitative estimate of drug-likeness (QED) is 0.778. The Kier molecular flexibility index (Phi) is 4.79. The smallest absolute Gasteiger partial charge is 0.0985 e. The lowest BCUT2D eigenvalue weighted by atomic mass is 9.80. The standard InChI is InChI=1S/C15H24N2O/c1-11-6-12(2)8-13(7-11)15(9-16)17-10-14-4-3-5-18-14/h6,11,13-15,17H,3-5,7-8,10H2,1-2H3. The fourth-order valence-electron chi connectivity index (χ4n) is 3.23. The molecule has 0 amide bonds. The van der Waals surface area contributed by atoms with Crippen molar-refractivity contribution in [2.45, 2.75) is 51.7 Å². The van der Waals surface area contributed by atoms with Gasteiger partial charge in [0.25, 0.3) is 0 Å². The van der Waals surface area contributed by atoms with Gasteiger partial charge in [-0.1, -0.05) is 18.6 Å². The Bertz CT molecular complexity index is 339. The molecule has 0 spiro atoms. The number of nitriles is 1. The van der Waals surface area contributed by atoms with Crippen molar-refractivity contribution in [3.05, 3.63) is 11.6 Å². The van der Waals surface area contributed by atoms with Crippen molar-refractivity contribution in [2.75, 3.05) is 13.2 Å². The van der Waals surface area contributed by atoms with E-state index in [1.807, 2.05) is 0 Å². The van der Waals surface area contributed by atoms with Gasteiger partial charge in [0.1, 0.15) is 0 Å².